The normalized spacial score (nSPS) is 17.9. The summed E-state index contributed by atoms with van der Waals surface area (Å²) < 4.78 is 16.1. The second kappa shape index (κ2) is 24.6. The minimum Gasteiger partial charge on any atom is -0.388 e. The predicted octanol–water partition coefficient (Wildman–Crippen LogP) is 8.74. The lowest BCUT2D eigenvalue weighted by atomic mass is 9.89. The maximum Gasteiger partial charge on any atom is 0.207 e. The van der Waals surface area contributed by atoms with Crippen molar-refractivity contribution in [3.63, 3.8) is 0 Å². The highest BCUT2D eigenvalue weighted by Gasteiger charge is 2.33. The first-order valence-corrected chi connectivity index (χ1v) is 19.4. The molecule has 1 unspecified atom stereocenters. The van der Waals surface area contributed by atoms with Crippen molar-refractivity contribution in [2.75, 3.05) is 33.2 Å². The molecule has 1 heterocycles. The highest BCUT2D eigenvalue weighted by Crippen LogP contribution is 2.37. The van der Waals surface area contributed by atoms with E-state index in [0.717, 1.165) is 85.7 Å². The summed E-state index contributed by atoms with van der Waals surface area (Å²) in [5.41, 5.74) is 8.67. The van der Waals surface area contributed by atoms with Crippen LogP contribution in [0.3, 0.4) is 0 Å². The quantitative estimate of drug-likeness (QED) is 0.0226. The Hall–Kier alpha value is -4.70. The highest BCUT2D eigenvalue weighted by molar-refractivity contribution is 5.84. The van der Waals surface area contributed by atoms with Crippen LogP contribution in [-0.4, -0.2) is 66.5 Å². The molecule has 1 saturated carbocycles. The zero-order chi connectivity index (χ0) is 40.0. The lowest BCUT2D eigenvalue weighted by Gasteiger charge is -2.25. The van der Waals surface area contributed by atoms with Crippen LogP contribution in [0.4, 0.5) is 4.39 Å². The summed E-state index contributed by atoms with van der Waals surface area (Å²) in [5.74, 6) is 1.73. The van der Waals surface area contributed by atoms with Crippen LogP contribution in [0.25, 0.3) is 5.57 Å². The number of nitrogens with one attached hydrogen (secondary N) is 5. The van der Waals surface area contributed by atoms with E-state index < -0.39 is 5.83 Å². The number of amides is 1. The van der Waals surface area contributed by atoms with Gasteiger partial charge in [0, 0.05) is 55.6 Å². The highest BCUT2D eigenvalue weighted by atomic mass is 19.1. The largest absolute Gasteiger partial charge is 0.388 e. The number of hydrazine groups is 1. The number of halogens is 1. The fraction of sp³-hybridized carbons (Fsp3) is 0.477. The molecule has 1 aliphatic carbocycles. The number of aromatic nitrogens is 2. The third-order valence-electron chi connectivity index (χ3n) is 9.70. The zero-order valence-electron chi connectivity index (χ0n) is 34.0. The summed E-state index contributed by atoms with van der Waals surface area (Å²) in [6.07, 6.45) is 21.1. The molecule has 5 N–H and O–H groups in total. The van der Waals surface area contributed by atoms with Gasteiger partial charge in [-0.25, -0.2) is 14.4 Å². The molecule has 54 heavy (non-hydrogen) atoms. The van der Waals surface area contributed by atoms with Crippen LogP contribution in [0.2, 0.25) is 0 Å². The van der Waals surface area contributed by atoms with Crippen LogP contribution in [0, 0.1) is 11.8 Å². The van der Waals surface area contributed by atoms with E-state index in [4.69, 9.17) is 4.98 Å². The van der Waals surface area contributed by atoms with Gasteiger partial charge >= 0.3 is 0 Å². The van der Waals surface area contributed by atoms with E-state index in [1.807, 2.05) is 13.0 Å². The third kappa shape index (κ3) is 15.0. The van der Waals surface area contributed by atoms with Crippen molar-refractivity contribution in [2.24, 2.45) is 16.8 Å². The Bertz CT molecular complexity index is 1590. The Kier molecular flexibility index (Phi) is 20.7. The zero-order valence-corrected chi connectivity index (χ0v) is 34.0. The molecule has 0 aromatic carbocycles. The van der Waals surface area contributed by atoms with Crippen LogP contribution < -0.4 is 21.4 Å². The number of amidine groups is 1. The van der Waals surface area contributed by atoms with E-state index in [1.54, 1.807) is 25.4 Å². The van der Waals surface area contributed by atoms with E-state index >= 15 is 4.39 Å². The lowest BCUT2D eigenvalue weighted by Crippen LogP contribution is -2.44. The van der Waals surface area contributed by atoms with Gasteiger partial charge in [-0.3, -0.25) is 9.79 Å². The first-order chi connectivity index (χ1) is 25.9. The minimum absolute atomic E-state index is 0.0360. The number of rotatable bonds is 25. The SMILES string of the molecule is C=C/C=C(\C=C(\F)C(=C)c1cnc(C(CNC(=C)CC)[C@H]2CC[C@@H](NC=O)C2)[nH]1)C(=CC)/C=C(/C=C\CNC(CN(CCC)NC(=C)CC)=NC)C(C)C. The summed E-state index contributed by atoms with van der Waals surface area (Å²) in [6.45, 7) is 31.5. The molecule has 1 aromatic heterocycles. The maximum atomic E-state index is 16.1. The molecule has 1 aromatic rings. The molecule has 0 spiro atoms. The van der Waals surface area contributed by atoms with Crippen molar-refractivity contribution >= 4 is 17.8 Å². The number of nitrogens with zero attached hydrogens (tertiary/aromatic N) is 3. The maximum absolute atomic E-state index is 16.1. The molecule has 296 valence electrons. The Balaban J connectivity index is 2.25. The van der Waals surface area contributed by atoms with Crippen molar-refractivity contribution in [2.45, 2.75) is 92.0 Å². The minimum atomic E-state index is -0.470. The van der Waals surface area contributed by atoms with Gasteiger partial charge in [0.1, 0.15) is 17.5 Å². The van der Waals surface area contributed by atoms with Crippen LogP contribution in [0.1, 0.15) is 97.5 Å². The van der Waals surface area contributed by atoms with E-state index in [1.165, 1.54) is 6.08 Å². The van der Waals surface area contributed by atoms with Gasteiger partial charge in [-0.15, -0.1) is 0 Å². The molecular weight excluding hydrogens is 676 g/mol. The van der Waals surface area contributed by atoms with Gasteiger partial charge in [-0.05, 0) is 80.1 Å². The molecule has 0 aliphatic heterocycles. The lowest BCUT2D eigenvalue weighted by molar-refractivity contribution is -0.110. The average molecular weight is 743 g/mol. The molecule has 0 saturated heterocycles. The van der Waals surface area contributed by atoms with Crippen molar-refractivity contribution in [1.82, 2.24) is 36.4 Å². The number of aromatic amines is 1. The first kappa shape index (κ1) is 45.5. The van der Waals surface area contributed by atoms with Crippen LogP contribution >= 0.6 is 0 Å². The monoisotopic (exact) mass is 743 g/mol. The van der Waals surface area contributed by atoms with Gasteiger partial charge in [0.2, 0.25) is 6.41 Å². The van der Waals surface area contributed by atoms with Crippen molar-refractivity contribution in [1.29, 1.82) is 0 Å². The van der Waals surface area contributed by atoms with E-state index in [9.17, 15) is 4.79 Å². The molecule has 2 rings (SSSR count). The number of hydrogen-bond acceptors (Lipinski definition) is 6. The van der Waals surface area contributed by atoms with Gasteiger partial charge in [-0.1, -0.05) is 97.4 Å². The van der Waals surface area contributed by atoms with E-state index in [-0.39, 0.29) is 23.5 Å². The number of imidazole rings is 1. The second-order valence-electron chi connectivity index (χ2n) is 14.0. The Morgan fingerprint density at radius 3 is 2.46 bits per heavy atom. The summed E-state index contributed by atoms with van der Waals surface area (Å²) in [6, 6.07) is 0.145. The van der Waals surface area contributed by atoms with Crippen molar-refractivity contribution in [3.05, 3.63) is 121 Å². The molecule has 1 fully saturated rings. The standard InChI is InChI=1S/C44H67FN8O/c1-12-18-37(35(16-5)24-36(31(6)7)19-17-22-47-43(46-11)29-53(23-13-2)52-33(9)15-4)26-41(45)34(10)42-28-49-44(51-42)40(27-48-32(8)14-3)38-20-21-39(25-38)50-30-54/h12,16-19,24,26,28,30-31,38-40,48,52H,1,8-10,13-15,20-23,25,27,29H2,2-7,11H3,(H,46,47)(H,49,51)(H,50,54)/b19-17-,35-16?,36-24-,37-18+,41-26+/t38-,39+,40?/m0/s1. The Labute approximate surface area is 325 Å². The molecule has 0 radical (unpaired) electrons. The number of carbonyl (C=O) groups excluding carboxylic acids is 1. The molecule has 10 heteroatoms. The summed E-state index contributed by atoms with van der Waals surface area (Å²) in [4.78, 5) is 23.6. The Morgan fingerprint density at radius 2 is 1.85 bits per heavy atom. The molecule has 3 atom stereocenters. The summed E-state index contributed by atoms with van der Waals surface area (Å²) >= 11 is 0. The van der Waals surface area contributed by atoms with Crippen molar-refractivity contribution in [3.8, 4) is 0 Å². The molecule has 9 nitrogen and oxygen atoms in total. The fourth-order valence-corrected chi connectivity index (χ4v) is 6.31. The van der Waals surface area contributed by atoms with Crippen molar-refractivity contribution < 1.29 is 9.18 Å². The summed E-state index contributed by atoms with van der Waals surface area (Å²) in [7, 11) is 1.80. The average Bonchev–Trinajstić information content (AvgIpc) is 3.84. The number of aliphatic imine (C=N–C) groups is 1. The van der Waals surface area contributed by atoms with Crippen LogP contribution in [0.5, 0.6) is 0 Å². The van der Waals surface area contributed by atoms with Gasteiger partial charge in [0.25, 0.3) is 0 Å². The van der Waals surface area contributed by atoms with E-state index in [0.29, 0.717) is 36.8 Å². The molecule has 1 aliphatic rings. The Morgan fingerprint density at radius 1 is 1.11 bits per heavy atom. The number of allylic oxidation sites excluding steroid dienone is 13. The van der Waals surface area contributed by atoms with Gasteiger partial charge in [0.15, 0.2) is 0 Å². The predicted molar refractivity (Wildman–Crippen MR) is 227 cm³/mol. The topological polar surface area (TPSA) is 109 Å². The molecular formula is C44H67FN8O. The second-order valence-corrected chi connectivity index (χ2v) is 14.0. The van der Waals surface area contributed by atoms with Gasteiger partial charge in [0.05, 0.1) is 18.4 Å². The van der Waals surface area contributed by atoms with Crippen LogP contribution in [-0.2, 0) is 4.79 Å². The third-order valence-corrected chi connectivity index (χ3v) is 9.70. The molecule has 0 bridgehead atoms. The van der Waals surface area contributed by atoms with Crippen LogP contribution in [0.15, 0.2) is 114 Å². The smallest absolute Gasteiger partial charge is 0.207 e. The summed E-state index contributed by atoms with van der Waals surface area (Å²) in [5, 5.41) is 11.9. The fourth-order valence-electron chi connectivity index (χ4n) is 6.31. The first-order valence-electron chi connectivity index (χ1n) is 19.4. The van der Waals surface area contributed by atoms with E-state index in [2.05, 4.69) is 116 Å². The molecule has 1 amide bonds. The van der Waals surface area contributed by atoms with Gasteiger partial charge in [-0.2, -0.15) is 0 Å². The number of carbonyl (C=O) groups is 1. The number of H-pyrrole nitrogens is 1. The number of hydrogen-bond donors (Lipinski definition) is 5. The van der Waals surface area contributed by atoms with Gasteiger partial charge < -0.3 is 26.4 Å².